The van der Waals surface area contributed by atoms with Crippen LogP contribution in [0.4, 0.5) is 0 Å². The van der Waals surface area contributed by atoms with Crippen molar-refractivity contribution in [1.82, 2.24) is 15.5 Å². The standard InChI is InChI=1S/C26H42N4O7/c27-14-6-5-10-18(28-23(32)16-7-1-2-8-16)24(33)29-19(25(34)35)12-13-22(31)30-20-11-4-3-9-17(20)15-21(30)26(36)37/h16-21H,1-15,27H2,(H,28,32)(H,29,33)(H,34,35)(H,36,37)/t17-,18-,19+,20-,21-/m0/s1. The molecule has 0 spiro atoms. The molecule has 3 aliphatic rings. The smallest absolute Gasteiger partial charge is 0.326 e. The lowest BCUT2D eigenvalue weighted by Crippen LogP contribution is -2.53. The Labute approximate surface area is 217 Å². The first-order valence-electron chi connectivity index (χ1n) is 13.8. The van der Waals surface area contributed by atoms with Crippen molar-refractivity contribution in [2.24, 2.45) is 17.6 Å². The molecular weight excluding hydrogens is 480 g/mol. The number of carbonyl (C=O) groups is 5. The van der Waals surface area contributed by atoms with E-state index in [1.807, 2.05) is 0 Å². The van der Waals surface area contributed by atoms with Gasteiger partial charge in [0, 0.05) is 18.4 Å². The maximum atomic E-state index is 13.1. The molecule has 0 bridgehead atoms. The summed E-state index contributed by atoms with van der Waals surface area (Å²) in [6.45, 7) is 0.445. The Morgan fingerprint density at radius 2 is 1.54 bits per heavy atom. The van der Waals surface area contributed by atoms with Crippen LogP contribution in [0.25, 0.3) is 0 Å². The number of nitrogens with zero attached hydrogens (tertiary/aromatic N) is 1. The van der Waals surface area contributed by atoms with Gasteiger partial charge in [-0.15, -0.1) is 0 Å². The van der Waals surface area contributed by atoms with Crippen molar-refractivity contribution >= 4 is 29.7 Å². The molecule has 11 nitrogen and oxygen atoms in total. The molecule has 0 unspecified atom stereocenters. The third-order valence-corrected chi connectivity index (χ3v) is 8.23. The van der Waals surface area contributed by atoms with Gasteiger partial charge in [0.1, 0.15) is 18.1 Å². The van der Waals surface area contributed by atoms with Gasteiger partial charge in [-0.2, -0.15) is 0 Å². The van der Waals surface area contributed by atoms with Crippen LogP contribution in [-0.2, 0) is 24.0 Å². The number of amides is 3. The van der Waals surface area contributed by atoms with E-state index in [1.54, 1.807) is 0 Å². The van der Waals surface area contributed by atoms with Gasteiger partial charge in [-0.3, -0.25) is 14.4 Å². The summed E-state index contributed by atoms with van der Waals surface area (Å²) in [5.41, 5.74) is 5.56. The van der Waals surface area contributed by atoms with Crippen LogP contribution >= 0.6 is 0 Å². The van der Waals surface area contributed by atoms with E-state index in [-0.39, 0.29) is 36.6 Å². The fourth-order valence-electron chi connectivity index (χ4n) is 6.21. The predicted octanol–water partition coefficient (Wildman–Crippen LogP) is 1.38. The van der Waals surface area contributed by atoms with E-state index in [1.165, 1.54) is 4.90 Å². The van der Waals surface area contributed by atoms with Crippen molar-refractivity contribution in [3.8, 4) is 0 Å². The summed E-state index contributed by atoms with van der Waals surface area (Å²) in [5, 5.41) is 24.7. The number of hydrogen-bond acceptors (Lipinski definition) is 6. The molecule has 0 radical (unpaired) electrons. The second kappa shape index (κ2) is 13.7. The molecule has 2 saturated carbocycles. The number of carbonyl (C=O) groups excluding carboxylic acids is 3. The number of unbranched alkanes of at least 4 members (excludes halogenated alkanes) is 1. The molecule has 0 aromatic carbocycles. The monoisotopic (exact) mass is 522 g/mol. The van der Waals surface area contributed by atoms with E-state index < -0.39 is 41.9 Å². The second-order valence-electron chi connectivity index (χ2n) is 10.8. The summed E-state index contributed by atoms with van der Waals surface area (Å²) >= 11 is 0. The van der Waals surface area contributed by atoms with Gasteiger partial charge in [0.05, 0.1) is 0 Å². The molecular formula is C26H42N4O7. The van der Waals surface area contributed by atoms with Gasteiger partial charge < -0.3 is 31.5 Å². The number of fused-ring (bicyclic) bond motifs is 1. The molecule has 6 N–H and O–H groups in total. The topological polar surface area (TPSA) is 179 Å². The molecule has 0 aromatic heterocycles. The average Bonchev–Trinajstić information content (AvgIpc) is 3.54. The van der Waals surface area contributed by atoms with E-state index in [4.69, 9.17) is 5.73 Å². The summed E-state index contributed by atoms with van der Waals surface area (Å²) in [6.07, 6.45) is 8.79. The maximum Gasteiger partial charge on any atom is 0.326 e. The van der Waals surface area contributed by atoms with Crippen molar-refractivity contribution in [3.63, 3.8) is 0 Å². The number of carboxylic acid groups (broad SMARTS) is 2. The lowest BCUT2D eigenvalue weighted by molar-refractivity contribution is -0.150. The highest BCUT2D eigenvalue weighted by atomic mass is 16.4. The van der Waals surface area contributed by atoms with Gasteiger partial charge >= 0.3 is 11.9 Å². The number of aliphatic carboxylic acids is 2. The number of nitrogens with two attached hydrogens (primary N) is 1. The molecule has 37 heavy (non-hydrogen) atoms. The third-order valence-electron chi connectivity index (χ3n) is 8.23. The zero-order valence-corrected chi connectivity index (χ0v) is 21.5. The summed E-state index contributed by atoms with van der Waals surface area (Å²) in [5.74, 6) is -3.48. The average molecular weight is 523 g/mol. The first-order valence-corrected chi connectivity index (χ1v) is 13.8. The fraction of sp³-hybridized carbons (Fsp3) is 0.808. The Morgan fingerprint density at radius 3 is 2.19 bits per heavy atom. The Balaban J connectivity index is 1.61. The van der Waals surface area contributed by atoms with E-state index in [9.17, 15) is 34.2 Å². The van der Waals surface area contributed by atoms with Gasteiger partial charge in [0.15, 0.2) is 0 Å². The van der Waals surface area contributed by atoms with E-state index in [2.05, 4.69) is 10.6 Å². The van der Waals surface area contributed by atoms with Crippen LogP contribution in [0.2, 0.25) is 0 Å². The first-order chi connectivity index (χ1) is 17.7. The minimum Gasteiger partial charge on any atom is -0.480 e. The molecule has 0 aromatic rings. The lowest BCUT2D eigenvalue weighted by atomic mass is 9.84. The first kappa shape index (κ1) is 28.9. The molecule has 3 amide bonds. The Bertz CT molecular complexity index is 845. The minimum atomic E-state index is -1.33. The van der Waals surface area contributed by atoms with E-state index in [0.29, 0.717) is 32.2 Å². The molecule has 1 aliphatic heterocycles. The summed E-state index contributed by atoms with van der Waals surface area (Å²) in [7, 11) is 0. The highest BCUT2D eigenvalue weighted by Crippen LogP contribution is 2.40. The van der Waals surface area contributed by atoms with Crippen LogP contribution in [0, 0.1) is 11.8 Å². The van der Waals surface area contributed by atoms with Crippen molar-refractivity contribution in [2.45, 2.75) is 114 Å². The second-order valence-corrected chi connectivity index (χ2v) is 10.8. The van der Waals surface area contributed by atoms with Crippen LogP contribution in [0.1, 0.15) is 89.9 Å². The number of carboxylic acids is 2. The van der Waals surface area contributed by atoms with Crippen LogP contribution in [0.5, 0.6) is 0 Å². The van der Waals surface area contributed by atoms with Crippen LogP contribution < -0.4 is 16.4 Å². The van der Waals surface area contributed by atoms with Crippen molar-refractivity contribution in [3.05, 3.63) is 0 Å². The Hall–Kier alpha value is -2.69. The zero-order valence-electron chi connectivity index (χ0n) is 21.5. The van der Waals surface area contributed by atoms with Crippen LogP contribution in [0.3, 0.4) is 0 Å². The number of nitrogens with one attached hydrogen (secondary N) is 2. The summed E-state index contributed by atoms with van der Waals surface area (Å²) in [4.78, 5) is 64.0. The van der Waals surface area contributed by atoms with Gasteiger partial charge in [0.2, 0.25) is 17.7 Å². The highest BCUT2D eigenvalue weighted by molar-refractivity contribution is 5.91. The maximum absolute atomic E-state index is 13.1. The highest BCUT2D eigenvalue weighted by Gasteiger charge is 2.47. The summed E-state index contributed by atoms with van der Waals surface area (Å²) < 4.78 is 0. The van der Waals surface area contributed by atoms with Crippen molar-refractivity contribution < 1.29 is 34.2 Å². The van der Waals surface area contributed by atoms with Gasteiger partial charge in [-0.25, -0.2) is 9.59 Å². The quantitative estimate of drug-likeness (QED) is 0.225. The van der Waals surface area contributed by atoms with Gasteiger partial charge in [-0.1, -0.05) is 25.7 Å². The summed E-state index contributed by atoms with van der Waals surface area (Å²) in [6, 6.07) is -3.23. The van der Waals surface area contributed by atoms with Crippen molar-refractivity contribution in [2.75, 3.05) is 6.54 Å². The normalized spacial score (nSPS) is 25.2. The zero-order chi connectivity index (χ0) is 26.9. The molecule has 2 aliphatic carbocycles. The molecule has 11 heteroatoms. The third kappa shape index (κ3) is 7.66. The molecule has 3 fully saturated rings. The number of rotatable bonds is 13. The fourth-order valence-corrected chi connectivity index (χ4v) is 6.21. The van der Waals surface area contributed by atoms with Crippen LogP contribution in [-0.4, -0.2) is 75.5 Å². The Kier molecular flexibility index (Phi) is 10.7. The molecule has 5 atom stereocenters. The van der Waals surface area contributed by atoms with Crippen LogP contribution in [0.15, 0.2) is 0 Å². The molecule has 3 rings (SSSR count). The number of hydrogen-bond donors (Lipinski definition) is 5. The van der Waals surface area contributed by atoms with Gasteiger partial charge in [0.25, 0.3) is 0 Å². The SMILES string of the molecule is NCCCC[C@H](NC(=O)C1CCCC1)C(=O)N[C@H](CCC(=O)N1[C@H](C(=O)O)C[C@@H]2CCCC[C@@H]21)C(=O)O. The predicted molar refractivity (Wildman–Crippen MR) is 134 cm³/mol. The molecule has 208 valence electrons. The van der Waals surface area contributed by atoms with E-state index in [0.717, 1.165) is 51.4 Å². The largest absolute Gasteiger partial charge is 0.480 e. The van der Waals surface area contributed by atoms with E-state index >= 15 is 0 Å². The molecule has 1 saturated heterocycles. The van der Waals surface area contributed by atoms with Crippen molar-refractivity contribution in [1.29, 1.82) is 0 Å². The van der Waals surface area contributed by atoms with Gasteiger partial charge in [-0.05, 0) is 70.3 Å². The lowest BCUT2D eigenvalue weighted by Gasteiger charge is -2.33. The number of likely N-dealkylation sites (tertiary alicyclic amines) is 1. The Morgan fingerprint density at radius 1 is 0.865 bits per heavy atom. The molecule has 1 heterocycles. The minimum absolute atomic E-state index is 0.127.